The summed E-state index contributed by atoms with van der Waals surface area (Å²) in [6, 6.07) is 5.92. The first kappa shape index (κ1) is 14.6. The molecule has 2 heterocycles. The fourth-order valence-electron chi connectivity index (χ4n) is 2.11. The van der Waals surface area contributed by atoms with Crippen molar-refractivity contribution in [2.75, 3.05) is 18.0 Å². The van der Waals surface area contributed by atoms with Crippen molar-refractivity contribution in [2.24, 2.45) is 5.73 Å². The number of nitrogens with zero attached hydrogens (tertiary/aromatic N) is 2. The summed E-state index contributed by atoms with van der Waals surface area (Å²) in [4.78, 5) is 17.3. The van der Waals surface area contributed by atoms with E-state index in [4.69, 9.17) is 10.5 Å². The Morgan fingerprint density at radius 1 is 1.56 bits per heavy atom. The minimum Gasteiger partial charge on any atom is -0.445 e. The Morgan fingerprint density at radius 2 is 2.33 bits per heavy atom. The molecule has 0 bridgehead atoms. The molecular weight excluding hydrogens is 254 g/mol. The number of piperidine rings is 1. The van der Waals surface area contributed by atoms with E-state index >= 15 is 0 Å². The van der Waals surface area contributed by atoms with Crippen LogP contribution in [0.4, 0.5) is 10.6 Å². The van der Waals surface area contributed by atoms with Crippen molar-refractivity contribution in [3.05, 3.63) is 23.9 Å². The second-order valence-corrected chi connectivity index (χ2v) is 4.28. The Balaban J connectivity index is 0.00000162. The Kier molecular flexibility index (Phi) is 5.22. The summed E-state index contributed by atoms with van der Waals surface area (Å²) >= 11 is 0. The largest absolute Gasteiger partial charge is 0.445 e. The molecule has 100 valence electrons. The van der Waals surface area contributed by atoms with Crippen molar-refractivity contribution in [2.45, 2.75) is 25.9 Å². The molecule has 1 unspecified atom stereocenters. The SMILES string of the molecule is Cc1cccc(N2CCCC(OC(N)=O)C2)n1.Cl. The van der Waals surface area contributed by atoms with Crippen LogP contribution in [0.25, 0.3) is 0 Å². The maximum Gasteiger partial charge on any atom is 0.404 e. The van der Waals surface area contributed by atoms with E-state index in [1.54, 1.807) is 0 Å². The van der Waals surface area contributed by atoms with Crippen molar-refractivity contribution in [3.8, 4) is 0 Å². The monoisotopic (exact) mass is 271 g/mol. The van der Waals surface area contributed by atoms with E-state index in [2.05, 4.69) is 9.88 Å². The van der Waals surface area contributed by atoms with Gasteiger partial charge in [0, 0.05) is 12.2 Å². The van der Waals surface area contributed by atoms with E-state index < -0.39 is 6.09 Å². The number of carbonyl (C=O) groups is 1. The fourth-order valence-corrected chi connectivity index (χ4v) is 2.11. The molecule has 2 N–H and O–H groups in total. The van der Waals surface area contributed by atoms with Gasteiger partial charge in [0.2, 0.25) is 0 Å². The van der Waals surface area contributed by atoms with E-state index in [0.717, 1.165) is 30.9 Å². The third kappa shape index (κ3) is 3.77. The lowest BCUT2D eigenvalue weighted by Crippen LogP contribution is -2.41. The van der Waals surface area contributed by atoms with Gasteiger partial charge in [-0.2, -0.15) is 0 Å². The van der Waals surface area contributed by atoms with Crippen LogP contribution in [0.5, 0.6) is 0 Å². The molecule has 0 aromatic carbocycles. The first-order chi connectivity index (χ1) is 8.15. The van der Waals surface area contributed by atoms with Gasteiger partial charge in [-0.15, -0.1) is 12.4 Å². The maximum atomic E-state index is 10.7. The van der Waals surface area contributed by atoms with Gasteiger partial charge < -0.3 is 15.4 Å². The van der Waals surface area contributed by atoms with Crippen molar-refractivity contribution in [1.29, 1.82) is 0 Å². The van der Waals surface area contributed by atoms with Crippen molar-refractivity contribution in [3.63, 3.8) is 0 Å². The van der Waals surface area contributed by atoms with E-state index in [-0.39, 0.29) is 18.5 Å². The Bertz CT molecular complexity index is 414. The molecule has 1 atom stereocenters. The molecule has 1 aliphatic rings. The molecule has 1 amide bonds. The molecule has 1 aliphatic heterocycles. The number of pyridine rings is 1. The summed E-state index contributed by atoms with van der Waals surface area (Å²) in [6.07, 6.45) is 1.02. The van der Waals surface area contributed by atoms with Crippen LogP contribution in [0, 0.1) is 6.92 Å². The second-order valence-electron chi connectivity index (χ2n) is 4.28. The molecule has 1 fully saturated rings. The number of nitrogens with two attached hydrogens (primary N) is 1. The summed E-state index contributed by atoms with van der Waals surface area (Å²) in [7, 11) is 0. The number of aryl methyl sites for hydroxylation is 1. The maximum absolute atomic E-state index is 10.7. The average molecular weight is 272 g/mol. The number of anilines is 1. The lowest BCUT2D eigenvalue weighted by atomic mass is 10.1. The summed E-state index contributed by atoms with van der Waals surface area (Å²) in [5, 5.41) is 0. The van der Waals surface area contributed by atoms with Crippen LogP contribution in [-0.2, 0) is 4.74 Å². The van der Waals surface area contributed by atoms with Crippen LogP contribution in [0.15, 0.2) is 18.2 Å². The number of halogens is 1. The highest BCUT2D eigenvalue weighted by atomic mass is 35.5. The summed E-state index contributed by atoms with van der Waals surface area (Å²) in [6.45, 7) is 3.57. The van der Waals surface area contributed by atoms with Gasteiger partial charge in [0.1, 0.15) is 11.9 Å². The van der Waals surface area contributed by atoms with Gasteiger partial charge in [0.25, 0.3) is 0 Å². The van der Waals surface area contributed by atoms with E-state index in [1.165, 1.54) is 0 Å². The molecule has 0 saturated carbocycles. The Hall–Kier alpha value is -1.49. The predicted molar refractivity (Wildman–Crippen MR) is 72.1 cm³/mol. The summed E-state index contributed by atoms with van der Waals surface area (Å²) < 4.78 is 5.04. The highest BCUT2D eigenvalue weighted by molar-refractivity contribution is 5.85. The third-order valence-electron chi connectivity index (χ3n) is 2.86. The first-order valence-corrected chi connectivity index (χ1v) is 5.80. The molecule has 0 spiro atoms. The van der Waals surface area contributed by atoms with Crippen molar-refractivity contribution >= 4 is 24.3 Å². The number of aromatic nitrogens is 1. The summed E-state index contributed by atoms with van der Waals surface area (Å²) in [5.74, 6) is 0.933. The average Bonchev–Trinajstić information content (AvgIpc) is 2.28. The number of primary amides is 1. The van der Waals surface area contributed by atoms with Crippen LogP contribution in [-0.4, -0.2) is 30.3 Å². The van der Waals surface area contributed by atoms with Gasteiger partial charge in [-0.1, -0.05) is 6.07 Å². The smallest absolute Gasteiger partial charge is 0.404 e. The van der Waals surface area contributed by atoms with E-state index in [9.17, 15) is 4.79 Å². The number of carbonyl (C=O) groups excluding carboxylic acids is 1. The Morgan fingerprint density at radius 3 is 3.00 bits per heavy atom. The van der Waals surface area contributed by atoms with E-state index in [1.807, 2.05) is 25.1 Å². The zero-order valence-corrected chi connectivity index (χ0v) is 11.2. The summed E-state index contributed by atoms with van der Waals surface area (Å²) in [5.41, 5.74) is 6.02. The predicted octanol–water partition coefficient (Wildman–Crippen LogP) is 1.88. The number of amides is 1. The molecule has 0 aliphatic carbocycles. The molecule has 2 rings (SSSR count). The van der Waals surface area contributed by atoms with Gasteiger partial charge in [-0.05, 0) is 31.9 Å². The van der Waals surface area contributed by atoms with Crippen LogP contribution < -0.4 is 10.6 Å². The van der Waals surface area contributed by atoms with Crippen LogP contribution in [0.2, 0.25) is 0 Å². The van der Waals surface area contributed by atoms with Crippen LogP contribution in [0.1, 0.15) is 18.5 Å². The molecule has 6 heteroatoms. The van der Waals surface area contributed by atoms with Crippen LogP contribution >= 0.6 is 12.4 Å². The zero-order valence-electron chi connectivity index (χ0n) is 10.3. The van der Waals surface area contributed by atoms with Gasteiger partial charge >= 0.3 is 6.09 Å². The van der Waals surface area contributed by atoms with Gasteiger partial charge in [0.15, 0.2) is 0 Å². The topological polar surface area (TPSA) is 68.5 Å². The van der Waals surface area contributed by atoms with Crippen LogP contribution in [0.3, 0.4) is 0 Å². The minimum absolute atomic E-state index is 0. The van der Waals surface area contributed by atoms with Gasteiger partial charge in [0.05, 0.1) is 6.54 Å². The molecule has 5 nitrogen and oxygen atoms in total. The number of rotatable bonds is 2. The molecule has 1 aromatic heterocycles. The number of hydrogen-bond acceptors (Lipinski definition) is 4. The number of ether oxygens (including phenoxy) is 1. The highest BCUT2D eigenvalue weighted by Crippen LogP contribution is 2.19. The third-order valence-corrected chi connectivity index (χ3v) is 2.86. The number of hydrogen-bond donors (Lipinski definition) is 1. The standard InChI is InChI=1S/C12H17N3O2.ClH/c1-9-4-2-6-11(14-9)15-7-3-5-10(8-15)17-12(13)16;/h2,4,6,10H,3,5,7-8H2,1H3,(H2,13,16);1H. The lowest BCUT2D eigenvalue weighted by molar-refractivity contribution is 0.0964. The second kappa shape index (κ2) is 6.44. The van der Waals surface area contributed by atoms with Gasteiger partial charge in [-0.3, -0.25) is 0 Å². The quantitative estimate of drug-likeness (QED) is 0.892. The van der Waals surface area contributed by atoms with Gasteiger partial charge in [-0.25, -0.2) is 9.78 Å². The first-order valence-electron chi connectivity index (χ1n) is 5.80. The molecular formula is C12H18ClN3O2. The molecule has 1 saturated heterocycles. The van der Waals surface area contributed by atoms with Crippen molar-refractivity contribution in [1.82, 2.24) is 4.98 Å². The highest BCUT2D eigenvalue weighted by Gasteiger charge is 2.23. The molecule has 0 radical (unpaired) electrons. The molecule has 18 heavy (non-hydrogen) atoms. The van der Waals surface area contributed by atoms with Crippen molar-refractivity contribution < 1.29 is 9.53 Å². The van der Waals surface area contributed by atoms with E-state index in [0.29, 0.717) is 6.54 Å². The molecule has 1 aromatic rings. The lowest BCUT2D eigenvalue weighted by Gasteiger charge is -2.32. The fraction of sp³-hybridized carbons (Fsp3) is 0.500. The Labute approximate surface area is 113 Å². The normalized spacial score (nSPS) is 18.9. The zero-order chi connectivity index (χ0) is 12.3. The minimum atomic E-state index is -0.700.